The van der Waals surface area contributed by atoms with Crippen molar-refractivity contribution in [2.75, 3.05) is 95.3 Å². The molecule has 0 aromatic heterocycles. The number of aliphatic hydroxyl groups excluding tert-OH is 3. The third-order valence-corrected chi connectivity index (χ3v) is 23.2. The Morgan fingerprint density at radius 3 is 0.804 bits per heavy atom. The summed E-state index contributed by atoms with van der Waals surface area (Å²) in [5.41, 5.74) is 28.5. The van der Waals surface area contributed by atoms with Gasteiger partial charge in [-0.3, -0.25) is 56.2 Å². The number of benzene rings is 4. The predicted octanol–water partition coefficient (Wildman–Crippen LogP) is 14.3. The number of methoxy groups -OCH3 is 6. The molecule has 0 radical (unpaired) electrons. The molecule has 0 spiro atoms. The van der Waals surface area contributed by atoms with Crippen LogP contribution in [0.15, 0.2) is 169 Å². The van der Waals surface area contributed by atoms with E-state index < -0.39 is 11.9 Å². The molecular formula is C104H132N17Ni2O15+5. The van der Waals surface area contributed by atoms with Crippen LogP contribution in [0.1, 0.15) is 129 Å². The molecule has 0 saturated carbocycles. The Labute approximate surface area is 833 Å². The van der Waals surface area contributed by atoms with Crippen LogP contribution in [0.5, 0.6) is 23.0 Å². The second kappa shape index (κ2) is 54.6. The van der Waals surface area contributed by atoms with Crippen molar-refractivity contribution in [3.8, 4) is 23.0 Å². The zero-order chi connectivity index (χ0) is 99.7. The third-order valence-electron chi connectivity index (χ3n) is 23.2. The topological polar surface area (TPSA) is 300 Å². The van der Waals surface area contributed by atoms with E-state index in [9.17, 15) is 19.2 Å². The number of esters is 4. The van der Waals surface area contributed by atoms with Crippen molar-refractivity contribution < 1.29 is 166 Å². The van der Waals surface area contributed by atoms with E-state index in [4.69, 9.17) is 64.1 Å². The molecule has 12 rings (SSSR count). The zero-order valence-electron chi connectivity index (χ0n) is 81.6. The van der Waals surface area contributed by atoms with Crippen LogP contribution in [0, 0.1) is 60.7 Å². The van der Waals surface area contributed by atoms with Crippen molar-refractivity contribution in [3.63, 3.8) is 0 Å². The van der Waals surface area contributed by atoms with Crippen LogP contribution in [0.3, 0.4) is 0 Å². The number of ether oxygens (including phenoxy) is 8. The van der Waals surface area contributed by atoms with Crippen LogP contribution < -0.4 is 23.8 Å². The van der Waals surface area contributed by atoms with Gasteiger partial charge in [-0.25, -0.2) is 18.3 Å². The van der Waals surface area contributed by atoms with Crippen molar-refractivity contribution in [1.82, 2.24) is 0 Å². The number of carbonyl (C=O) groups is 4. The first-order valence-electron chi connectivity index (χ1n) is 44.5. The van der Waals surface area contributed by atoms with Crippen molar-refractivity contribution in [2.45, 2.75) is 107 Å². The molecule has 138 heavy (non-hydrogen) atoms. The minimum absolute atomic E-state index is 0. The van der Waals surface area contributed by atoms with Crippen LogP contribution >= 0.6 is 0 Å². The smallest absolute Gasteiger partial charge is 0.500 e. The minimum Gasteiger partial charge on any atom is -0.500 e. The first kappa shape index (κ1) is 113. The van der Waals surface area contributed by atoms with Gasteiger partial charge in [0, 0.05) is 68.9 Å². The molecule has 738 valence electrons. The van der Waals surface area contributed by atoms with E-state index in [1.807, 2.05) is 148 Å². The Bertz CT molecular complexity index is 5330. The second-order valence-electron chi connectivity index (χ2n) is 31.8. The Hall–Kier alpha value is -14.1. The van der Waals surface area contributed by atoms with Crippen LogP contribution in [0.4, 0.5) is 45.5 Å². The van der Waals surface area contributed by atoms with E-state index >= 15 is 0 Å². The molecule has 0 amide bonds. The summed E-state index contributed by atoms with van der Waals surface area (Å²) < 4.78 is 62.8. The number of aliphatic hydroxyl groups is 3. The van der Waals surface area contributed by atoms with Crippen molar-refractivity contribution in [3.05, 3.63) is 261 Å². The SMILES string of the molecule is C=[N+]1C=CC=C[C-]1[N+](=C)[N-]c1ccc(OC)c2c1[N+](=C)[C-](C)C(C(=O)OC)=C2.C=[N+]1C=CC=C[C-]1[N+](=C)[N-]c1ccc(OC)c2c1[N+](=C)[C-](C)C(C(=O)OC)=C2.C=[N+]1C=CC=C[C-]1[N+](=C)[N-]c1ccc(OC)c2c1[N+](=C)[C-](C)C(C(=O)OCC(CC)CCCC)=C2.C=[N+]1C=CC=C[C-]1[N+](=C)[N-]c1ccc(OC)c2c1[N+](=C)[C-](C)C(C(=O)OCC(CC)CCCC)=C2.OCC[NH+](CCO)CCO.[Ni+2].[Ni+2]. The maximum Gasteiger partial charge on any atom is 2.00 e. The summed E-state index contributed by atoms with van der Waals surface area (Å²) in [6.07, 6.45) is 48.3. The standard InChI is InChI=1S/2C28H36N4O3.2C21H22N4O3.C6H15NO3.2Ni/c2*1-8-10-13-21(9-2)19-35-28(33)22-18-23-25(34-7)16-15-24(27(23)31(5)20(22)3)29-32(6)26-14-11-12-17-30(26)4;2*1-14-15(21(26)28-6)13-16-18(27-5)11-10-17(20(16)24(14)3)22-25(4)19-9-7-8-12-23(19)2;8-4-1-7(2-5-9)3-6-10;;/h2*11-12,14-18,21H,4-6,8-10,13,19H2,1-3,7H3;2*7-13H,2-4H2,1,5-6H3;8-10H,1-6H2;;/q;;;;;2*+2/p+1. The molecule has 4 N–H and O–H groups in total. The van der Waals surface area contributed by atoms with Gasteiger partial charge in [-0.15, -0.1) is 24.3 Å². The quantitative estimate of drug-likeness (QED) is 0.00617. The van der Waals surface area contributed by atoms with Gasteiger partial charge in [-0.05, 0) is 99.4 Å². The first-order chi connectivity index (χ1) is 65.2. The van der Waals surface area contributed by atoms with Gasteiger partial charge in [0.05, 0.1) is 156 Å². The number of fused-ring (bicyclic) bond motifs is 4. The van der Waals surface area contributed by atoms with Gasteiger partial charge in [-0.2, -0.15) is 0 Å². The van der Waals surface area contributed by atoms with E-state index in [1.165, 1.54) is 33.0 Å². The molecule has 4 aromatic rings. The van der Waals surface area contributed by atoms with Gasteiger partial charge in [0.25, 0.3) is 23.9 Å². The Kier molecular flexibility index (Phi) is 44.5. The average molecular weight is 1980 g/mol. The zero-order valence-corrected chi connectivity index (χ0v) is 83.6. The van der Waals surface area contributed by atoms with E-state index in [1.54, 1.807) is 115 Å². The summed E-state index contributed by atoms with van der Waals surface area (Å²) in [7, 11) is 9.02. The van der Waals surface area contributed by atoms with E-state index in [2.05, 4.69) is 119 Å². The fourth-order valence-corrected chi connectivity index (χ4v) is 15.1. The van der Waals surface area contributed by atoms with Gasteiger partial charge >= 0.3 is 57.6 Å². The summed E-state index contributed by atoms with van der Waals surface area (Å²) in [4.78, 5) is 51.5. The number of quaternary nitrogens is 1. The van der Waals surface area contributed by atoms with Crippen LogP contribution in [-0.4, -0.2) is 270 Å². The number of nitrogens with zero attached hydrogens (tertiary/aromatic N) is 16. The van der Waals surface area contributed by atoms with Crippen LogP contribution in [-0.2, 0) is 71.1 Å². The molecule has 32 nitrogen and oxygen atoms in total. The van der Waals surface area contributed by atoms with E-state index in [0.29, 0.717) is 207 Å². The molecule has 0 aliphatic carbocycles. The number of allylic oxidation sites excluding steroid dienone is 8. The Morgan fingerprint density at radius 2 is 0.609 bits per heavy atom. The minimum atomic E-state index is -0.442. The number of hydrogen-bond acceptors (Lipinski definition) is 15. The molecule has 8 heterocycles. The molecular weight excluding hydrogens is 1840 g/mol. The fourth-order valence-electron chi connectivity index (χ4n) is 15.1. The average Bonchev–Trinajstić information content (AvgIpc) is 0.771. The van der Waals surface area contributed by atoms with Crippen LogP contribution in [0.2, 0.25) is 0 Å². The predicted molar refractivity (Wildman–Crippen MR) is 534 cm³/mol. The molecule has 0 fully saturated rings. The number of carbonyl (C=O) groups excluding carboxylic acids is 4. The number of hydrogen-bond donors (Lipinski definition) is 4. The molecule has 8 aliphatic rings. The van der Waals surface area contributed by atoms with Crippen molar-refractivity contribution in [1.29, 1.82) is 0 Å². The number of nitrogens with one attached hydrogen (secondary N) is 1. The molecule has 0 saturated heterocycles. The summed E-state index contributed by atoms with van der Waals surface area (Å²) in [5, 5.41) is 25.5. The largest absolute Gasteiger partial charge is 2.00 e. The molecule has 0 bridgehead atoms. The molecule has 8 aliphatic heterocycles. The monoisotopic (exact) mass is 1970 g/mol. The molecule has 2 unspecified atom stereocenters. The normalized spacial score (nSPS) is 14.8. The molecule has 2 atom stereocenters. The van der Waals surface area contributed by atoms with Crippen LogP contribution in [0.25, 0.3) is 46.0 Å². The Morgan fingerprint density at radius 1 is 0.377 bits per heavy atom. The number of rotatable bonds is 38. The van der Waals surface area contributed by atoms with Gasteiger partial charge in [0.1, 0.15) is 114 Å². The maximum absolute atomic E-state index is 13.1. The summed E-state index contributed by atoms with van der Waals surface area (Å²) in [6, 6.07) is 17.2. The maximum atomic E-state index is 13.1. The van der Waals surface area contributed by atoms with Crippen molar-refractivity contribution >= 4 is 174 Å². The summed E-state index contributed by atoms with van der Waals surface area (Å²) >= 11 is 0. The summed E-state index contributed by atoms with van der Waals surface area (Å²) in [6.45, 7) is 67.4. The fraction of sp³-hybridized carbons (Fsp3) is 0.308. The van der Waals surface area contributed by atoms with Gasteiger partial charge in [-0.1, -0.05) is 139 Å². The second-order valence-corrected chi connectivity index (χ2v) is 31.8. The van der Waals surface area contributed by atoms with Gasteiger partial charge in [0.2, 0.25) is 0 Å². The van der Waals surface area contributed by atoms with Gasteiger partial charge in [0.15, 0.2) is 0 Å². The van der Waals surface area contributed by atoms with E-state index in [-0.39, 0.29) is 64.7 Å². The molecule has 34 heteroatoms. The van der Waals surface area contributed by atoms with Gasteiger partial charge < -0.3 is 79.8 Å². The van der Waals surface area contributed by atoms with Crippen molar-refractivity contribution in [2.24, 2.45) is 11.8 Å². The molecule has 4 aromatic carbocycles. The summed E-state index contributed by atoms with van der Waals surface area (Å²) in [5.74, 6) is 1.55. The Balaban J connectivity index is 0.000000273. The number of unbranched alkanes of at least 4 members (excludes halogenated alkanes) is 2. The first-order valence-corrected chi connectivity index (χ1v) is 44.5. The van der Waals surface area contributed by atoms with E-state index in [0.717, 1.165) is 56.3 Å². The third kappa shape index (κ3) is 27.8.